The van der Waals surface area contributed by atoms with Crippen LogP contribution < -0.4 is 10.1 Å². The number of hydrogen-bond donors (Lipinski definition) is 2. The molecule has 8 nitrogen and oxygen atoms in total. The lowest BCUT2D eigenvalue weighted by Crippen LogP contribution is -2.37. The van der Waals surface area contributed by atoms with Crippen LogP contribution in [-0.4, -0.2) is 38.2 Å². The number of tetrazole rings is 1. The van der Waals surface area contributed by atoms with Crippen molar-refractivity contribution in [3.05, 3.63) is 71.7 Å². The summed E-state index contributed by atoms with van der Waals surface area (Å²) in [7, 11) is 1.67. The number of nitrogens with one attached hydrogen (secondary N) is 2. The van der Waals surface area contributed by atoms with Crippen LogP contribution >= 0.6 is 0 Å². The Bertz CT molecular complexity index is 1170. The molecule has 0 bridgehead atoms. The SMILES string of the molecule is COc1ccc2[nH]c3c(c2c1)CCCC3NC(=O)[C@@H](c1ccccc1)n1cnnn1. The van der Waals surface area contributed by atoms with E-state index in [0.717, 1.165) is 47.2 Å². The fourth-order valence-corrected chi connectivity index (χ4v) is 4.31. The van der Waals surface area contributed by atoms with Gasteiger partial charge in [-0.1, -0.05) is 30.3 Å². The van der Waals surface area contributed by atoms with Crippen molar-refractivity contribution in [1.29, 1.82) is 0 Å². The molecular weight excluding hydrogens is 380 g/mol. The second kappa shape index (κ2) is 7.62. The molecule has 2 aromatic heterocycles. The Balaban J connectivity index is 1.48. The van der Waals surface area contributed by atoms with Crippen molar-refractivity contribution in [2.45, 2.75) is 31.3 Å². The lowest BCUT2D eigenvalue weighted by atomic mass is 9.91. The number of carbonyl (C=O) groups excluding carboxylic acids is 1. The van der Waals surface area contributed by atoms with E-state index in [9.17, 15) is 4.79 Å². The van der Waals surface area contributed by atoms with Crippen molar-refractivity contribution >= 4 is 16.8 Å². The lowest BCUT2D eigenvalue weighted by Gasteiger charge is -2.26. The van der Waals surface area contributed by atoms with Crippen LogP contribution in [0.1, 0.15) is 41.7 Å². The van der Waals surface area contributed by atoms with Crippen molar-refractivity contribution in [3.8, 4) is 5.75 Å². The Kier molecular flexibility index (Phi) is 4.66. The first-order valence-electron chi connectivity index (χ1n) is 10.0. The summed E-state index contributed by atoms with van der Waals surface area (Å²) < 4.78 is 6.88. The maximum Gasteiger partial charge on any atom is 0.250 e. The minimum Gasteiger partial charge on any atom is -0.497 e. The number of benzene rings is 2. The third-order valence-electron chi connectivity index (χ3n) is 5.72. The fraction of sp³-hybridized carbons (Fsp3) is 0.273. The number of aromatic amines is 1. The summed E-state index contributed by atoms with van der Waals surface area (Å²) in [4.78, 5) is 16.9. The molecule has 1 unspecified atom stereocenters. The summed E-state index contributed by atoms with van der Waals surface area (Å²) in [6, 6.07) is 14.9. The highest BCUT2D eigenvalue weighted by Gasteiger charge is 2.30. The van der Waals surface area contributed by atoms with Gasteiger partial charge in [0, 0.05) is 16.6 Å². The first-order chi connectivity index (χ1) is 14.7. The third-order valence-corrected chi connectivity index (χ3v) is 5.72. The van der Waals surface area contributed by atoms with Crippen LogP contribution in [-0.2, 0) is 11.2 Å². The topological polar surface area (TPSA) is 97.7 Å². The molecule has 0 saturated heterocycles. The summed E-state index contributed by atoms with van der Waals surface area (Å²) in [5.41, 5.74) is 4.21. The first-order valence-corrected chi connectivity index (χ1v) is 10.0. The number of nitrogens with zero attached hydrogens (tertiary/aromatic N) is 4. The summed E-state index contributed by atoms with van der Waals surface area (Å²) in [5.74, 6) is 0.695. The van der Waals surface area contributed by atoms with E-state index in [1.54, 1.807) is 7.11 Å². The van der Waals surface area contributed by atoms with Crippen LogP contribution in [0.3, 0.4) is 0 Å². The van der Waals surface area contributed by atoms with Crippen molar-refractivity contribution in [1.82, 2.24) is 30.5 Å². The Hall–Kier alpha value is -3.68. The van der Waals surface area contributed by atoms with Gasteiger partial charge in [0.05, 0.1) is 13.2 Å². The Morgan fingerprint density at radius 3 is 2.90 bits per heavy atom. The maximum atomic E-state index is 13.4. The van der Waals surface area contributed by atoms with Gasteiger partial charge >= 0.3 is 0 Å². The molecule has 152 valence electrons. The normalized spacial score (nSPS) is 16.8. The van der Waals surface area contributed by atoms with Gasteiger partial charge in [-0.3, -0.25) is 4.79 Å². The van der Waals surface area contributed by atoms with Gasteiger partial charge < -0.3 is 15.0 Å². The predicted molar refractivity (Wildman–Crippen MR) is 111 cm³/mol. The molecule has 0 fully saturated rings. The van der Waals surface area contributed by atoms with E-state index >= 15 is 0 Å². The van der Waals surface area contributed by atoms with E-state index in [4.69, 9.17) is 4.74 Å². The van der Waals surface area contributed by atoms with E-state index in [-0.39, 0.29) is 11.9 Å². The van der Waals surface area contributed by atoms with E-state index in [1.165, 1.54) is 16.6 Å². The highest BCUT2D eigenvalue weighted by Crippen LogP contribution is 2.36. The Morgan fingerprint density at radius 2 is 2.13 bits per heavy atom. The van der Waals surface area contributed by atoms with Gasteiger partial charge in [0.25, 0.3) is 0 Å². The zero-order valence-corrected chi connectivity index (χ0v) is 16.6. The summed E-state index contributed by atoms with van der Waals surface area (Å²) in [6.45, 7) is 0. The van der Waals surface area contributed by atoms with Gasteiger partial charge in [0.1, 0.15) is 12.1 Å². The Labute approximate surface area is 173 Å². The molecule has 5 rings (SSSR count). The molecule has 2 atom stereocenters. The molecule has 1 aliphatic rings. The van der Waals surface area contributed by atoms with Crippen LogP contribution in [0.4, 0.5) is 0 Å². The number of hydrogen-bond acceptors (Lipinski definition) is 5. The smallest absolute Gasteiger partial charge is 0.250 e. The number of methoxy groups -OCH3 is 1. The van der Waals surface area contributed by atoms with Gasteiger partial charge in [-0.25, -0.2) is 4.68 Å². The quantitative estimate of drug-likeness (QED) is 0.535. The molecule has 1 amide bonds. The number of H-pyrrole nitrogens is 1. The molecule has 2 aromatic carbocycles. The minimum atomic E-state index is -0.629. The molecule has 2 heterocycles. The predicted octanol–water partition coefficient (Wildman–Crippen LogP) is 2.95. The monoisotopic (exact) mass is 402 g/mol. The van der Waals surface area contributed by atoms with Crippen molar-refractivity contribution in [3.63, 3.8) is 0 Å². The van der Waals surface area contributed by atoms with Crippen LogP contribution in [0.5, 0.6) is 5.75 Å². The molecule has 4 aromatic rings. The van der Waals surface area contributed by atoms with Gasteiger partial charge in [-0.05, 0) is 59.0 Å². The largest absolute Gasteiger partial charge is 0.497 e. The van der Waals surface area contributed by atoms with Gasteiger partial charge in [-0.15, -0.1) is 5.10 Å². The first kappa shape index (κ1) is 18.4. The highest BCUT2D eigenvalue weighted by atomic mass is 16.5. The van der Waals surface area contributed by atoms with Crippen LogP contribution in [0, 0.1) is 0 Å². The van der Waals surface area contributed by atoms with E-state index < -0.39 is 6.04 Å². The summed E-state index contributed by atoms with van der Waals surface area (Å²) in [5, 5.41) is 15.8. The summed E-state index contributed by atoms with van der Waals surface area (Å²) in [6.07, 6.45) is 4.32. The maximum absolute atomic E-state index is 13.4. The van der Waals surface area contributed by atoms with Crippen LogP contribution in [0.2, 0.25) is 0 Å². The van der Waals surface area contributed by atoms with Crippen molar-refractivity contribution in [2.75, 3.05) is 7.11 Å². The second-order valence-electron chi connectivity index (χ2n) is 7.49. The minimum absolute atomic E-state index is 0.0951. The van der Waals surface area contributed by atoms with Gasteiger partial charge in [0.2, 0.25) is 5.91 Å². The van der Waals surface area contributed by atoms with Gasteiger partial charge in [0.15, 0.2) is 6.04 Å². The number of fused-ring (bicyclic) bond motifs is 3. The zero-order chi connectivity index (χ0) is 20.5. The molecule has 0 saturated carbocycles. The molecule has 8 heteroatoms. The molecule has 1 aliphatic carbocycles. The number of aromatic nitrogens is 5. The molecule has 0 spiro atoms. The standard InChI is InChI=1S/C22H22N6O2/c1-30-15-10-11-18-17(12-15)16-8-5-9-19(20(16)24-18)25-22(29)21(28-13-23-26-27-28)14-6-3-2-4-7-14/h2-4,6-7,10-13,19,21,24H,5,8-9H2,1H3,(H,25,29)/t19?,21-/m1/s1. The van der Waals surface area contributed by atoms with Gasteiger partial charge in [-0.2, -0.15) is 0 Å². The number of amides is 1. The molecular formula is C22H22N6O2. The van der Waals surface area contributed by atoms with E-state index in [1.807, 2.05) is 42.5 Å². The highest BCUT2D eigenvalue weighted by molar-refractivity contribution is 5.88. The van der Waals surface area contributed by atoms with E-state index in [0.29, 0.717) is 0 Å². The number of carbonyl (C=O) groups is 1. The fourth-order valence-electron chi connectivity index (χ4n) is 4.31. The van der Waals surface area contributed by atoms with E-state index in [2.05, 4.69) is 31.9 Å². The number of rotatable bonds is 5. The molecule has 0 aliphatic heterocycles. The second-order valence-corrected chi connectivity index (χ2v) is 7.49. The summed E-state index contributed by atoms with van der Waals surface area (Å²) >= 11 is 0. The van der Waals surface area contributed by atoms with Crippen molar-refractivity contribution < 1.29 is 9.53 Å². The van der Waals surface area contributed by atoms with Crippen LogP contribution in [0.25, 0.3) is 10.9 Å². The molecule has 0 radical (unpaired) electrons. The number of aryl methyl sites for hydroxylation is 1. The van der Waals surface area contributed by atoms with Crippen molar-refractivity contribution in [2.24, 2.45) is 0 Å². The zero-order valence-electron chi connectivity index (χ0n) is 16.6. The lowest BCUT2D eigenvalue weighted by molar-refractivity contribution is -0.124. The average molecular weight is 402 g/mol. The molecule has 30 heavy (non-hydrogen) atoms. The van der Waals surface area contributed by atoms with Crippen LogP contribution in [0.15, 0.2) is 54.9 Å². The Morgan fingerprint density at radius 1 is 1.27 bits per heavy atom. The molecule has 2 N–H and O–H groups in total. The average Bonchev–Trinajstić information content (AvgIpc) is 3.43. The number of ether oxygens (including phenoxy) is 1. The third kappa shape index (κ3) is 3.20.